The first kappa shape index (κ1) is 15.7. The molecule has 0 aliphatic carbocycles. The number of rotatable bonds is 5. The Morgan fingerprint density at radius 2 is 1.65 bits per heavy atom. The van der Waals surface area contributed by atoms with Crippen molar-refractivity contribution in [1.82, 2.24) is 0 Å². The van der Waals surface area contributed by atoms with Crippen molar-refractivity contribution in [3.8, 4) is 0 Å². The van der Waals surface area contributed by atoms with Gasteiger partial charge >= 0.3 is 0 Å². The number of fused-ring (bicyclic) bond motifs is 2. The van der Waals surface area contributed by atoms with Gasteiger partial charge in [-0.3, -0.25) is 4.79 Å². The number of carboxylic acid groups (broad SMARTS) is 1. The van der Waals surface area contributed by atoms with Crippen LogP contribution in [-0.4, -0.2) is 24.1 Å². The molecule has 0 saturated carbocycles. The SMILES string of the molecule is CCc1cccc(CC)c1NC(=O)[C@@H]1[C@@H](C(=O)[O-])[C@@H]2C=C[C@H]1O2. The van der Waals surface area contributed by atoms with Crippen LogP contribution in [0.2, 0.25) is 0 Å². The third-order valence-corrected chi connectivity index (χ3v) is 4.72. The van der Waals surface area contributed by atoms with Gasteiger partial charge in [-0.25, -0.2) is 0 Å². The Hall–Kier alpha value is -2.14. The van der Waals surface area contributed by atoms with Crippen LogP contribution >= 0.6 is 0 Å². The maximum Gasteiger partial charge on any atom is 0.231 e. The summed E-state index contributed by atoms with van der Waals surface area (Å²) in [5.41, 5.74) is 2.89. The minimum absolute atomic E-state index is 0.313. The predicted octanol–water partition coefficient (Wildman–Crippen LogP) is 1.07. The van der Waals surface area contributed by atoms with Gasteiger partial charge in [0.2, 0.25) is 5.91 Å². The molecule has 2 bridgehead atoms. The minimum atomic E-state index is -1.23. The van der Waals surface area contributed by atoms with E-state index in [1.807, 2.05) is 32.0 Å². The molecule has 122 valence electrons. The molecule has 0 unspecified atom stereocenters. The molecule has 0 aromatic heterocycles. The van der Waals surface area contributed by atoms with E-state index in [1.54, 1.807) is 12.2 Å². The molecule has 1 saturated heterocycles. The topological polar surface area (TPSA) is 78.5 Å². The van der Waals surface area contributed by atoms with Crippen molar-refractivity contribution in [2.24, 2.45) is 11.8 Å². The Kier molecular flexibility index (Phi) is 4.22. The molecule has 4 atom stereocenters. The number of hydrogen-bond acceptors (Lipinski definition) is 4. The average Bonchev–Trinajstić information content (AvgIpc) is 3.15. The zero-order valence-electron chi connectivity index (χ0n) is 13.2. The van der Waals surface area contributed by atoms with Crippen LogP contribution in [0.1, 0.15) is 25.0 Å². The summed E-state index contributed by atoms with van der Waals surface area (Å²) in [5, 5.41) is 14.3. The van der Waals surface area contributed by atoms with Crippen molar-refractivity contribution in [3.05, 3.63) is 41.5 Å². The van der Waals surface area contributed by atoms with Crippen LogP contribution in [0.25, 0.3) is 0 Å². The zero-order valence-corrected chi connectivity index (χ0v) is 13.2. The summed E-state index contributed by atoms with van der Waals surface area (Å²) in [7, 11) is 0. The van der Waals surface area contributed by atoms with E-state index in [4.69, 9.17) is 4.74 Å². The van der Waals surface area contributed by atoms with Gasteiger partial charge in [0.25, 0.3) is 0 Å². The number of aryl methyl sites for hydroxylation is 2. The van der Waals surface area contributed by atoms with Crippen molar-refractivity contribution in [2.45, 2.75) is 38.9 Å². The Morgan fingerprint density at radius 1 is 1.09 bits per heavy atom. The first-order valence-corrected chi connectivity index (χ1v) is 8.03. The molecule has 3 rings (SSSR count). The minimum Gasteiger partial charge on any atom is -0.550 e. The van der Waals surface area contributed by atoms with Crippen molar-refractivity contribution in [2.75, 3.05) is 5.32 Å². The number of carbonyl (C=O) groups excluding carboxylic acids is 2. The van der Waals surface area contributed by atoms with E-state index in [-0.39, 0.29) is 5.91 Å². The molecule has 1 fully saturated rings. The fourth-order valence-corrected chi connectivity index (χ4v) is 3.51. The number of para-hydroxylation sites is 1. The maximum absolute atomic E-state index is 12.7. The van der Waals surface area contributed by atoms with Crippen molar-refractivity contribution in [3.63, 3.8) is 0 Å². The first-order chi connectivity index (χ1) is 11.1. The lowest BCUT2D eigenvalue weighted by Crippen LogP contribution is -2.45. The summed E-state index contributed by atoms with van der Waals surface area (Å²) in [6, 6.07) is 5.92. The highest BCUT2D eigenvalue weighted by Gasteiger charge is 2.50. The van der Waals surface area contributed by atoms with Crippen LogP contribution < -0.4 is 10.4 Å². The van der Waals surface area contributed by atoms with Gasteiger partial charge in [-0.1, -0.05) is 44.2 Å². The second kappa shape index (κ2) is 6.16. The first-order valence-electron chi connectivity index (χ1n) is 8.03. The number of amides is 1. The molecule has 23 heavy (non-hydrogen) atoms. The molecule has 5 heteroatoms. The summed E-state index contributed by atoms with van der Waals surface area (Å²) in [6.07, 6.45) is 4.00. The highest BCUT2D eigenvalue weighted by Crippen LogP contribution is 2.39. The lowest BCUT2D eigenvalue weighted by atomic mass is 9.82. The van der Waals surface area contributed by atoms with Crippen LogP contribution in [0.3, 0.4) is 0 Å². The van der Waals surface area contributed by atoms with Gasteiger partial charge in [0.15, 0.2) is 0 Å². The smallest absolute Gasteiger partial charge is 0.231 e. The van der Waals surface area contributed by atoms with Crippen LogP contribution in [-0.2, 0) is 27.2 Å². The number of benzene rings is 1. The number of aliphatic carboxylic acids is 1. The van der Waals surface area contributed by atoms with Crippen LogP contribution in [0.15, 0.2) is 30.4 Å². The third-order valence-electron chi connectivity index (χ3n) is 4.72. The summed E-state index contributed by atoms with van der Waals surface area (Å²) < 4.78 is 5.54. The number of nitrogens with one attached hydrogen (secondary N) is 1. The Morgan fingerprint density at radius 3 is 2.17 bits per heavy atom. The molecule has 1 aromatic carbocycles. The monoisotopic (exact) mass is 314 g/mol. The Balaban J connectivity index is 1.88. The molecule has 0 spiro atoms. The summed E-state index contributed by atoms with van der Waals surface area (Å²) >= 11 is 0. The number of hydrogen-bond donors (Lipinski definition) is 1. The normalized spacial score (nSPS) is 28.1. The molecule has 1 aromatic rings. The fourth-order valence-electron chi connectivity index (χ4n) is 3.51. The van der Waals surface area contributed by atoms with Crippen molar-refractivity contribution in [1.29, 1.82) is 0 Å². The van der Waals surface area contributed by atoms with Crippen LogP contribution in [0.5, 0.6) is 0 Å². The van der Waals surface area contributed by atoms with Gasteiger partial charge in [-0.2, -0.15) is 0 Å². The number of ether oxygens (including phenoxy) is 1. The molecule has 2 heterocycles. The highest BCUT2D eigenvalue weighted by atomic mass is 16.5. The summed E-state index contributed by atoms with van der Waals surface area (Å²) in [6.45, 7) is 4.05. The second-order valence-corrected chi connectivity index (χ2v) is 5.97. The molecule has 0 radical (unpaired) electrons. The van der Waals surface area contributed by atoms with Crippen molar-refractivity contribution < 1.29 is 19.4 Å². The number of anilines is 1. The highest BCUT2D eigenvalue weighted by molar-refractivity contribution is 5.97. The van der Waals surface area contributed by atoms with Gasteiger partial charge in [0.05, 0.1) is 18.1 Å². The molecular weight excluding hydrogens is 294 g/mol. The average molecular weight is 314 g/mol. The number of carboxylic acids is 1. The van der Waals surface area contributed by atoms with E-state index < -0.39 is 30.0 Å². The van der Waals surface area contributed by atoms with E-state index in [0.29, 0.717) is 0 Å². The predicted molar refractivity (Wildman–Crippen MR) is 83.6 cm³/mol. The third kappa shape index (κ3) is 2.65. The van der Waals surface area contributed by atoms with E-state index in [9.17, 15) is 14.7 Å². The number of carbonyl (C=O) groups is 2. The summed E-state index contributed by atoms with van der Waals surface area (Å²) in [4.78, 5) is 24.1. The Bertz CT molecular complexity index is 645. The van der Waals surface area contributed by atoms with E-state index in [1.165, 1.54) is 0 Å². The maximum atomic E-state index is 12.7. The fraction of sp³-hybridized carbons (Fsp3) is 0.444. The quantitative estimate of drug-likeness (QED) is 0.825. The van der Waals surface area contributed by atoms with Gasteiger partial charge in [0, 0.05) is 17.6 Å². The van der Waals surface area contributed by atoms with Gasteiger partial charge in [-0.05, 0) is 24.0 Å². The molecule has 1 N–H and O–H groups in total. The lowest BCUT2D eigenvalue weighted by Gasteiger charge is -2.26. The van der Waals surface area contributed by atoms with E-state index >= 15 is 0 Å². The largest absolute Gasteiger partial charge is 0.550 e. The molecule has 1 amide bonds. The molecule has 2 aliphatic rings. The summed E-state index contributed by atoms with van der Waals surface area (Å²) in [5.74, 6) is -3.22. The Labute approximate surface area is 135 Å². The van der Waals surface area contributed by atoms with E-state index in [0.717, 1.165) is 29.7 Å². The van der Waals surface area contributed by atoms with Crippen molar-refractivity contribution >= 4 is 17.6 Å². The zero-order chi connectivity index (χ0) is 16.6. The molecular formula is C18H20NO4-. The second-order valence-electron chi connectivity index (χ2n) is 5.97. The van der Waals surface area contributed by atoms with E-state index in [2.05, 4.69) is 5.32 Å². The van der Waals surface area contributed by atoms with Gasteiger partial charge < -0.3 is 20.0 Å². The standard InChI is InChI=1S/C18H21NO4/c1-3-10-6-5-7-11(4-2)16(10)19-17(20)14-12-8-9-13(23-12)15(14)18(21)22/h5-9,12-15H,3-4H2,1-2H3,(H,19,20)(H,21,22)/p-1/t12-,13+,14+,15+/m1/s1. The van der Waals surface area contributed by atoms with Gasteiger partial charge in [0.1, 0.15) is 0 Å². The lowest BCUT2D eigenvalue weighted by molar-refractivity contribution is -0.313. The molecule has 2 aliphatic heterocycles. The van der Waals surface area contributed by atoms with Gasteiger partial charge in [-0.15, -0.1) is 0 Å². The molecule has 5 nitrogen and oxygen atoms in total. The van der Waals surface area contributed by atoms with Crippen LogP contribution in [0, 0.1) is 11.8 Å². The van der Waals surface area contributed by atoms with Crippen LogP contribution in [0.4, 0.5) is 5.69 Å².